The number of rotatable bonds is 8. The molecule has 0 fully saturated rings. The van der Waals surface area contributed by atoms with Gasteiger partial charge in [0.15, 0.2) is 11.6 Å². The molecule has 3 rings (SSSR count). The van der Waals surface area contributed by atoms with Crippen molar-refractivity contribution in [1.29, 1.82) is 5.26 Å². The predicted octanol–water partition coefficient (Wildman–Crippen LogP) is 5.73. The fourth-order valence-electron chi connectivity index (χ4n) is 2.87. The molecule has 0 aliphatic rings. The number of nitrogens with zero attached hydrogens (tertiary/aromatic N) is 5. The molecule has 12 nitrogen and oxygen atoms in total. The van der Waals surface area contributed by atoms with Gasteiger partial charge in [0, 0.05) is 17.1 Å². The van der Waals surface area contributed by atoms with E-state index in [9.17, 15) is 26.9 Å². The lowest BCUT2D eigenvalue weighted by Gasteiger charge is -2.13. The number of anilines is 1. The van der Waals surface area contributed by atoms with Gasteiger partial charge in [-0.3, -0.25) is 4.79 Å². The van der Waals surface area contributed by atoms with Crippen molar-refractivity contribution in [2.75, 3.05) is 11.6 Å². The summed E-state index contributed by atoms with van der Waals surface area (Å²) in [6.07, 6.45) is 2.03. The topological polar surface area (TPSA) is 173 Å². The third-order valence-electron chi connectivity index (χ3n) is 4.47. The minimum absolute atomic E-state index is 0.0339. The van der Waals surface area contributed by atoms with Crippen molar-refractivity contribution in [2.45, 2.75) is 18.2 Å². The summed E-state index contributed by atoms with van der Waals surface area (Å²) < 4.78 is 52.7. The maximum absolute atomic E-state index is 12.0. The Morgan fingerprint density at radius 2 is 1.79 bits per heavy atom. The number of amides is 1. The van der Waals surface area contributed by atoms with Crippen LogP contribution in [-0.2, 0) is 24.0 Å². The molecule has 0 aliphatic carbocycles. The molecule has 200 valence electrons. The third kappa shape index (κ3) is 6.93. The maximum Gasteiger partial charge on any atom is 0.306 e. The number of nitrogens with one attached hydrogen (secondary N) is 1. The smallest absolute Gasteiger partial charge is 0.306 e. The molecule has 0 saturated heterocycles. The summed E-state index contributed by atoms with van der Waals surface area (Å²) >= 11 is 18.5. The lowest BCUT2D eigenvalue weighted by Crippen LogP contribution is -2.13. The van der Waals surface area contributed by atoms with Crippen molar-refractivity contribution in [3.63, 3.8) is 0 Å². The van der Waals surface area contributed by atoms with Gasteiger partial charge < -0.3 is 9.50 Å². The van der Waals surface area contributed by atoms with E-state index in [0.717, 1.165) is 23.2 Å². The van der Waals surface area contributed by atoms with Crippen LogP contribution < -0.4 is 9.50 Å². The first kappa shape index (κ1) is 29.6. The van der Waals surface area contributed by atoms with Crippen LogP contribution in [0.15, 0.2) is 45.6 Å². The summed E-state index contributed by atoms with van der Waals surface area (Å²) in [5.41, 5.74) is -0.0447. The molecule has 2 aromatic carbocycles. The van der Waals surface area contributed by atoms with Crippen molar-refractivity contribution in [3.05, 3.63) is 51.1 Å². The van der Waals surface area contributed by atoms with Crippen LogP contribution in [0.2, 0.25) is 15.1 Å². The van der Waals surface area contributed by atoms with Crippen LogP contribution in [0.1, 0.15) is 18.9 Å². The van der Waals surface area contributed by atoms with Crippen molar-refractivity contribution in [1.82, 2.24) is 9.78 Å². The largest absolute Gasteiger partial charge is 0.379 e. The first-order valence-electron chi connectivity index (χ1n) is 10.0. The number of hydrogen-bond acceptors (Lipinski definition) is 10. The van der Waals surface area contributed by atoms with Gasteiger partial charge in [0.2, 0.25) is 5.91 Å². The number of benzene rings is 2. The number of halogens is 4. The minimum atomic E-state index is -4.20. The molecule has 0 spiro atoms. The zero-order valence-electron chi connectivity index (χ0n) is 19.1. The van der Waals surface area contributed by atoms with E-state index >= 15 is 0 Å². The number of carbonyl (C=O) groups excluding carboxylic acids is 1. The summed E-state index contributed by atoms with van der Waals surface area (Å²) in [5.74, 6) is -0.917. The Morgan fingerprint density at radius 1 is 1.11 bits per heavy atom. The van der Waals surface area contributed by atoms with E-state index in [1.165, 1.54) is 18.2 Å². The van der Waals surface area contributed by atoms with E-state index in [1.54, 1.807) is 6.92 Å². The van der Waals surface area contributed by atoms with Gasteiger partial charge in [-0.1, -0.05) is 41.7 Å². The highest BCUT2D eigenvalue weighted by molar-refractivity contribution is 8.13. The highest BCUT2D eigenvalue weighted by atomic mass is 35.7. The van der Waals surface area contributed by atoms with Crippen LogP contribution in [0.5, 0.6) is 5.75 Å². The van der Waals surface area contributed by atoms with Crippen LogP contribution >= 0.6 is 45.5 Å². The van der Waals surface area contributed by atoms with Crippen molar-refractivity contribution >= 4 is 87.8 Å². The molecule has 18 heteroatoms. The Morgan fingerprint density at radius 3 is 2.37 bits per heavy atom. The molecular weight excluding hydrogens is 626 g/mol. The molecule has 3 aromatic rings. The Balaban J connectivity index is 2.13. The number of carbonyl (C=O) groups is 1. The van der Waals surface area contributed by atoms with Crippen LogP contribution in [0.25, 0.3) is 5.69 Å². The first-order chi connectivity index (χ1) is 17.6. The number of azo groups is 1. The molecule has 1 N–H and O–H groups in total. The van der Waals surface area contributed by atoms with Gasteiger partial charge in [-0.2, -0.15) is 18.8 Å². The van der Waals surface area contributed by atoms with Crippen LogP contribution in [0, 0.1) is 11.3 Å². The maximum atomic E-state index is 12.0. The molecule has 0 atom stereocenters. The second-order valence-corrected chi connectivity index (χ2v) is 12.6. The highest BCUT2D eigenvalue weighted by Gasteiger charge is 2.22. The fourth-order valence-corrected chi connectivity index (χ4v) is 5.47. The minimum Gasteiger partial charge on any atom is -0.379 e. The first-order valence-corrected chi connectivity index (χ1v) is 15.3. The summed E-state index contributed by atoms with van der Waals surface area (Å²) in [6.45, 7) is 1.58. The van der Waals surface area contributed by atoms with Crippen LogP contribution in [0.3, 0.4) is 0 Å². The second-order valence-electron chi connectivity index (χ2n) is 7.27. The molecule has 0 saturated carbocycles. The van der Waals surface area contributed by atoms with Gasteiger partial charge in [-0.15, -0.1) is 10.2 Å². The number of nitriles is 1. The van der Waals surface area contributed by atoms with Crippen molar-refractivity contribution in [3.8, 4) is 17.5 Å². The van der Waals surface area contributed by atoms with E-state index in [-0.39, 0.29) is 55.7 Å². The molecular formula is C20H14Cl4N6O6S2. The second kappa shape index (κ2) is 11.4. The average molecular weight is 640 g/mol. The van der Waals surface area contributed by atoms with Gasteiger partial charge in [0.25, 0.3) is 9.05 Å². The number of hydrogen-bond donors (Lipinski definition) is 1. The molecule has 1 aromatic heterocycles. The zero-order chi connectivity index (χ0) is 28.4. The number of aromatic nitrogens is 2. The van der Waals surface area contributed by atoms with Crippen molar-refractivity contribution < 1.29 is 25.8 Å². The summed E-state index contributed by atoms with van der Waals surface area (Å²) in [4.78, 5) is 11.5. The normalized spacial score (nSPS) is 11.9. The van der Waals surface area contributed by atoms with Gasteiger partial charge in [-0.25, -0.2) is 13.1 Å². The summed E-state index contributed by atoms with van der Waals surface area (Å²) in [5, 5.41) is 23.5. The van der Waals surface area contributed by atoms with Gasteiger partial charge >= 0.3 is 10.1 Å². The molecule has 1 amide bonds. The fraction of sp³-hybridized carbons (Fsp3) is 0.150. The van der Waals surface area contributed by atoms with Gasteiger partial charge in [0.1, 0.15) is 16.5 Å². The molecule has 0 aliphatic heterocycles. The Kier molecular flexibility index (Phi) is 8.92. The molecule has 1 heterocycles. The predicted molar refractivity (Wildman–Crippen MR) is 141 cm³/mol. The van der Waals surface area contributed by atoms with Gasteiger partial charge in [0.05, 0.1) is 44.6 Å². The average Bonchev–Trinajstić information content (AvgIpc) is 3.22. The summed E-state index contributed by atoms with van der Waals surface area (Å²) in [7, 11) is -2.83. The molecule has 0 bridgehead atoms. The van der Waals surface area contributed by atoms with E-state index < -0.39 is 30.0 Å². The summed E-state index contributed by atoms with van der Waals surface area (Å²) in [6, 6.07) is 6.52. The van der Waals surface area contributed by atoms with Crippen molar-refractivity contribution in [2.24, 2.45) is 10.2 Å². The van der Waals surface area contributed by atoms with E-state index in [4.69, 9.17) is 49.7 Å². The Labute approximate surface area is 236 Å². The van der Waals surface area contributed by atoms with E-state index in [0.29, 0.717) is 0 Å². The lowest BCUT2D eigenvalue weighted by molar-refractivity contribution is -0.115. The Bertz CT molecular complexity index is 1730. The van der Waals surface area contributed by atoms with E-state index in [1.807, 2.05) is 6.07 Å². The molecule has 0 unspecified atom stereocenters. The van der Waals surface area contributed by atoms with E-state index in [2.05, 4.69) is 20.6 Å². The molecule has 38 heavy (non-hydrogen) atoms. The van der Waals surface area contributed by atoms with Gasteiger partial charge in [-0.05, 0) is 24.3 Å². The lowest BCUT2D eigenvalue weighted by atomic mass is 10.2. The Hall–Kier alpha value is -2.93. The SMILES string of the molecule is CCC(=O)Nc1cc(N=Nc2c(C#N)cnn2-c2cc(Cl)c(S(=O)(=O)Cl)cc2Cl)cc(Cl)c1OS(C)(=O)=O. The standard InChI is InChI=1S/C20H14Cl4N6O6S2/c1-3-18(31)27-15-5-11(4-14(23)19(15)36-37(2,32)33)28-29-20-10(8-25)9-26-30(20)16-6-13(22)17(7-12(16)21)38(24,34)35/h4-7,9H,3H2,1-2H3,(H,27,31). The monoisotopic (exact) mass is 638 g/mol. The quantitative estimate of drug-likeness (QED) is 0.185. The highest BCUT2D eigenvalue weighted by Crippen LogP contribution is 2.40. The zero-order valence-corrected chi connectivity index (χ0v) is 23.8. The van der Waals surface area contributed by atoms with Crippen LogP contribution in [0.4, 0.5) is 17.2 Å². The molecule has 0 radical (unpaired) electrons. The third-order valence-corrected chi connectivity index (χ3v) is 7.31. The van der Waals surface area contributed by atoms with Crippen LogP contribution in [-0.4, -0.2) is 38.8 Å².